The molecule has 3 heterocycles. The Kier molecular flexibility index (Phi) is 4.89. The number of benzene rings is 1. The first-order chi connectivity index (χ1) is 13.4. The molecule has 0 aliphatic heterocycles. The maximum atomic E-state index is 14.0. The van der Waals surface area contributed by atoms with E-state index in [1.165, 1.54) is 12.4 Å². The predicted molar refractivity (Wildman–Crippen MR) is 111 cm³/mol. The molecule has 0 unspecified atom stereocenters. The molecule has 8 heteroatoms. The number of aromatic amines is 1. The lowest BCUT2D eigenvalue weighted by atomic mass is 10.0. The number of aryl methyl sites for hydroxylation is 1. The van der Waals surface area contributed by atoms with E-state index < -0.39 is 0 Å². The fraction of sp³-hybridized carbons (Fsp3) is 0.300. The van der Waals surface area contributed by atoms with Crippen molar-refractivity contribution >= 4 is 39.6 Å². The minimum absolute atomic E-state index is 0.0649. The van der Waals surface area contributed by atoms with Crippen molar-refractivity contribution in [2.45, 2.75) is 44.0 Å². The second-order valence-electron chi connectivity index (χ2n) is 6.98. The van der Waals surface area contributed by atoms with Crippen LogP contribution in [-0.2, 0) is 0 Å². The average molecular weight is 396 g/mol. The number of imidazole rings is 1. The SMILES string of the molecule is Cc1c(F)ccc2cc([C@H](C)Nc3ncnc4nc[nH]c34)c(SC(C)C)nc12. The van der Waals surface area contributed by atoms with Crippen molar-refractivity contribution in [3.8, 4) is 0 Å². The van der Waals surface area contributed by atoms with Gasteiger partial charge in [0.2, 0.25) is 0 Å². The van der Waals surface area contributed by atoms with Gasteiger partial charge < -0.3 is 10.3 Å². The maximum absolute atomic E-state index is 14.0. The topological polar surface area (TPSA) is 79.4 Å². The van der Waals surface area contributed by atoms with Crippen molar-refractivity contribution in [3.63, 3.8) is 0 Å². The molecular weight excluding hydrogens is 375 g/mol. The fourth-order valence-corrected chi connectivity index (χ4v) is 4.10. The number of halogens is 1. The van der Waals surface area contributed by atoms with Crippen LogP contribution < -0.4 is 5.32 Å². The van der Waals surface area contributed by atoms with Crippen molar-refractivity contribution in [2.24, 2.45) is 0 Å². The minimum Gasteiger partial charge on any atom is -0.362 e. The molecule has 1 atom stereocenters. The second-order valence-corrected chi connectivity index (χ2v) is 8.55. The first-order valence-corrected chi connectivity index (χ1v) is 9.99. The van der Waals surface area contributed by atoms with E-state index in [-0.39, 0.29) is 11.9 Å². The van der Waals surface area contributed by atoms with Crippen LogP contribution in [0.3, 0.4) is 0 Å². The summed E-state index contributed by atoms with van der Waals surface area (Å²) in [5.41, 5.74) is 3.70. The number of nitrogens with zero attached hydrogens (tertiary/aromatic N) is 4. The van der Waals surface area contributed by atoms with Gasteiger partial charge in [0, 0.05) is 21.8 Å². The number of nitrogens with one attached hydrogen (secondary N) is 2. The zero-order chi connectivity index (χ0) is 19.8. The molecule has 0 bridgehead atoms. The number of thioether (sulfide) groups is 1. The monoisotopic (exact) mass is 396 g/mol. The highest BCUT2D eigenvalue weighted by Gasteiger charge is 2.18. The molecule has 2 N–H and O–H groups in total. The molecule has 144 valence electrons. The molecule has 0 radical (unpaired) electrons. The number of hydrogen-bond donors (Lipinski definition) is 2. The average Bonchev–Trinajstić information content (AvgIpc) is 3.14. The lowest BCUT2D eigenvalue weighted by Crippen LogP contribution is -2.11. The Morgan fingerprint density at radius 2 is 1.96 bits per heavy atom. The highest BCUT2D eigenvalue weighted by atomic mass is 32.2. The van der Waals surface area contributed by atoms with Gasteiger partial charge in [-0.05, 0) is 32.0 Å². The smallest absolute Gasteiger partial charge is 0.182 e. The molecule has 0 saturated carbocycles. The normalized spacial score (nSPS) is 12.8. The molecule has 4 rings (SSSR count). The highest BCUT2D eigenvalue weighted by molar-refractivity contribution is 7.99. The number of anilines is 1. The number of pyridine rings is 1. The van der Waals surface area contributed by atoms with Crippen molar-refractivity contribution in [3.05, 3.63) is 47.8 Å². The number of rotatable bonds is 5. The molecule has 1 aromatic carbocycles. The van der Waals surface area contributed by atoms with Crippen LogP contribution in [0.25, 0.3) is 22.1 Å². The van der Waals surface area contributed by atoms with Gasteiger partial charge in [-0.2, -0.15) is 0 Å². The van der Waals surface area contributed by atoms with E-state index in [0.29, 0.717) is 27.8 Å². The third-order valence-corrected chi connectivity index (χ3v) is 5.58. The van der Waals surface area contributed by atoms with Crippen molar-refractivity contribution < 1.29 is 4.39 Å². The molecule has 0 saturated heterocycles. The molecule has 4 aromatic rings. The van der Waals surface area contributed by atoms with E-state index in [1.807, 2.05) is 0 Å². The third kappa shape index (κ3) is 3.40. The molecule has 0 aliphatic carbocycles. The van der Waals surface area contributed by atoms with Gasteiger partial charge in [0.05, 0.1) is 17.9 Å². The van der Waals surface area contributed by atoms with E-state index in [0.717, 1.165) is 21.5 Å². The van der Waals surface area contributed by atoms with Gasteiger partial charge in [0.1, 0.15) is 22.7 Å². The molecule has 0 spiro atoms. The predicted octanol–water partition coefficient (Wildman–Crippen LogP) is 5.02. The summed E-state index contributed by atoms with van der Waals surface area (Å²) >= 11 is 1.67. The van der Waals surface area contributed by atoms with E-state index >= 15 is 0 Å². The molecule has 0 aliphatic rings. The summed E-state index contributed by atoms with van der Waals surface area (Å²) in [6.07, 6.45) is 3.09. The lowest BCUT2D eigenvalue weighted by molar-refractivity contribution is 0.620. The standard InChI is InChI=1S/C20H21FN6S/c1-10(2)28-20-14(7-13-5-6-15(21)11(3)16(13)27-20)12(4)26-19-17-18(23-8-22-17)24-9-25-19/h5-10,12H,1-4H3,(H2,22,23,24,25,26)/t12-/m0/s1. The van der Waals surface area contributed by atoms with Crippen LogP contribution in [0.5, 0.6) is 0 Å². The molecule has 0 amide bonds. The first-order valence-electron chi connectivity index (χ1n) is 9.11. The van der Waals surface area contributed by atoms with Crippen LogP contribution in [0.2, 0.25) is 0 Å². The Labute approximate surface area is 166 Å². The van der Waals surface area contributed by atoms with Crippen LogP contribution in [0.15, 0.2) is 35.9 Å². The summed E-state index contributed by atoms with van der Waals surface area (Å²) in [5, 5.41) is 5.61. The maximum Gasteiger partial charge on any atom is 0.182 e. The van der Waals surface area contributed by atoms with E-state index in [2.05, 4.69) is 52.1 Å². The Hall–Kier alpha value is -2.74. The number of aromatic nitrogens is 5. The van der Waals surface area contributed by atoms with Crippen LogP contribution >= 0.6 is 11.8 Å². The first kappa shape index (κ1) is 18.6. The summed E-state index contributed by atoms with van der Waals surface area (Å²) < 4.78 is 14.0. The Morgan fingerprint density at radius 3 is 2.75 bits per heavy atom. The molecule has 28 heavy (non-hydrogen) atoms. The zero-order valence-corrected chi connectivity index (χ0v) is 16.9. The zero-order valence-electron chi connectivity index (χ0n) is 16.1. The van der Waals surface area contributed by atoms with Crippen LogP contribution in [0.1, 0.15) is 37.9 Å². The minimum atomic E-state index is -0.234. The number of fused-ring (bicyclic) bond motifs is 2. The van der Waals surface area contributed by atoms with E-state index in [1.54, 1.807) is 31.1 Å². The van der Waals surface area contributed by atoms with Crippen molar-refractivity contribution in [2.75, 3.05) is 5.32 Å². The van der Waals surface area contributed by atoms with Gasteiger partial charge in [-0.1, -0.05) is 13.8 Å². The van der Waals surface area contributed by atoms with E-state index in [4.69, 9.17) is 4.98 Å². The van der Waals surface area contributed by atoms with Gasteiger partial charge in [0.25, 0.3) is 0 Å². The van der Waals surface area contributed by atoms with E-state index in [9.17, 15) is 4.39 Å². The number of H-pyrrole nitrogens is 1. The lowest BCUT2D eigenvalue weighted by Gasteiger charge is -2.20. The van der Waals surface area contributed by atoms with Crippen LogP contribution in [0, 0.1) is 12.7 Å². The van der Waals surface area contributed by atoms with Crippen molar-refractivity contribution in [1.29, 1.82) is 0 Å². The van der Waals surface area contributed by atoms with Gasteiger partial charge in [-0.3, -0.25) is 0 Å². The van der Waals surface area contributed by atoms with Crippen LogP contribution in [0.4, 0.5) is 10.2 Å². The summed E-state index contributed by atoms with van der Waals surface area (Å²) in [6, 6.07) is 5.30. The molecule has 0 fully saturated rings. The van der Waals surface area contributed by atoms with Gasteiger partial charge >= 0.3 is 0 Å². The summed E-state index contributed by atoms with van der Waals surface area (Å²) in [7, 11) is 0. The van der Waals surface area contributed by atoms with Gasteiger partial charge in [-0.15, -0.1) is 11.8 Å². The number of hydrogen-bond acceptors (Lipinski definition) is 6. The molecular formula is C20H21FN6S. The summed E-state index contributed by atoms with van der Waals surface area (Å²) in [6.45, 7) is 8.07. The van der Waals surface area contributed by atoms with Crippen molar-refractivity contribution in [1.82, 2.24) is 24.9 Å². The summed E-state index contributed by atoms with van der Waals surface area (Å²) in [5.74, 6) is 0.452. The Morgan fingerprint density at radius 1 is 1.14 bits per heavy atom. The Balaban J connectivity index is 1.79. The largest absolute Gasteiger partial charge is 0.362 e. The highest BCUT2D eigenvalue weighted by Crippen LogP contribution is 2.34. The quantitative estimate of drug-likeness (QED) is 0.461. The summed E-state index contributed by atoms with van der Waals surface area (Å²) in [4.78, 5) is 20.6. The second kappa shape index (κ2) is 7.35. The fourth-order valence-electron chi connectivity index (χ4n) is 3.14. The van der Waals surface area contributed by atoms with Crippen LogP contribution in [-0.4, -0.2) is 30.2 Å². The van der Waals surface area contributed by atoms with Gasteiger partial charge in [-0.25, -0.2) is 24.3 Å². The van der Waals surface area contributed by atoms with Gasteiger partial charge in [0.15, 0.2) is 11.5 Å². The molecule has 3 aromatic heterocycles. The molecule has 6 nitrogen and oxygen atoms in total. The Bertz CT molecular complexity index is 1160. The third-order valence-electron chi connectivity index (χ3n) is 4.56.